The molecule has 2 aliphatic rings. The molecule has 1 fully saturated rings. The fraction of sp³-hybridized carbons (Fsp3) is 0.579. The van der Waals surface area contributed by atoms with E-state index in [1.807, 2.05) is 20.1 Å². The van der Waals surface area contributed by atoms with Crippen molar-refractivity contribution in [3.8, 4) is 0 Å². The number of hydrogen-bond donors (Lipinski definition) is 1. The maximum atomic E-state index is 10.2. The average molecular weight is 300 g/mol. The molecule has 0 atom stereocenters. The number of benzene rings is 1. The lowest BCUT2D eigenvalue weighted by atomic mass is 9.88. The predicted molar refractivity (Wildman–Crippen MR) is 93.3 cm³/mol. The molecular formula is C19H28N2O. The third-order valence-corrected chi connectivity index (χ3v) is 4.48. The first-order valence-electron chi connectivity index (χ1n) is 8.62. The standard InChI is InChI=1S/C14H18N2.C5H10O/c1-2-13-10-12(3-4-14(13)16-7-1)11-5-8-15-9-6-11;1-3-5(6)4-2/h3-4,7,10-11,15H,1-2,5-6,8-9H2;3-4H2,1-2H3. The van der Waals surface area contributed by atoms with Crippen LogP contribution in [0, 0.1) is 0 Å². The van der Waals surface area contributed by atoms with Gasteiger partial charge in [-0.2, -0.15) is 0 Å². The Morgan fingerprint density at radius 2 is 1.95 bits per heavy atom. The van der Waals surface area contributed by atoms with Crippen LogP contribution in [0.1, 0.15) is 63.0 Å². The Labute approximate surface area is 134 Å². The van der Waals surface area contributed by atoms with E-state index in [2.05, 4.69) is 28.5 Å². The second kappa shape index (κ2) is 8.84. The van der Waals surface area contributed by atoms with Gasteiger partial charge in [-0.05, 0) is 61.9 Å². The van der Waals surface area contributed by atoms with Crippen molar-refractivity contribution >= 4 is 17.7 Å². The van der Waals surface area contributed by atoms with Crippen molar-refractivity contribution in [3.05, 3.63) is 29.3 Å². The van der Waals surface area contributed by atoms with Crippen LogP contribution in [0.4, 0.5) is 5.69 Å². The van der Waals surface area contributed by atoms with E-state index in [0.29, 0.717) is 18.6 Å². The fourth-order valence-corrected chi connectivity index (χ4v) is 2.97. The Kier molecular flexibility index (Phi) is 6.78. The van der Waals surface area contributed by atoms with Crippen LogP contribution in [-0.4, -0.2) is 25.1 Å². The van der Waals surface area contributed by atoms with Crippen LogP contribution in [0.5, 0.6) is 0 Å². The molecule has 0 spiro atoms. The normalized spacial score (nSPS) is 17.4. The van der Waals surface area contributed by atoms with Gasteiger partial charge >= 0.3 is 0 Å². The molecule has 120 valence electrons. The molecule has 3 nitrogen and oxygen atoms in total. The molecule has 2 heterocycles. The van der Waals surface area contributed by atoms with Gasteiger partial charge in [-0.25, -0.2) is 0 Å². The van der Waals surface area contributed by atoms with E-state index in [-0.39, 0.29) is 0 Å². The lowest BCUT2D eigenvalue weighted by Crippen LogP contribution is -2.26. The van der Waals surface area contributed by atoms with Crippen molar-refractivity contribution in [1.82, 2.24) is 5.32 Å². The van der Waals surface area contributed by atoms with E-state index in [1.165, 1.54) is 42.7 Å². The van der Waals surface area contributed by atoms with E-state index in [4.69, 9.17) is 0 Å². The number of Topliss-reactive ketones (excluding diaryl/α,β-unsaturated/α-hetero) is 1. The van der Waals surface area contributed by atoms with Gasteiger partial charge in [0, 0.05) is 19.1 Å². The van der Waals surface area contributed by atoms with Crippen LogP contribution in [0.25, 0.3) is 0 Å². The zero-order valence-electron chi connectivity index (χ0n) is 13.9. The number of nitrogens with one attached hydrogen (secondary N) is 1. The molecule has 3 rings (SSSR count). The Bertz CT molecular complexity index is 510. The first kappa shape index (κ1) is 16.9. The highest BCUT2D eigenvalue weighted by Gasteiger charge is 2.16. The topological polar surface area (TPSA) is 41.5 Å². The Morgan fingerprint density at radius 1 is 1.23 bits per heavy atom. The molecule has 1 N–H and O–H groups in total. The molecule has 0 aliphatic carbocycles. The first-order chi connectivity index (χ1) is 10.7. The molecule has 22 heavy (non-hydrogen) atoms. The summed E-state index contributed by atoms with van der Waals surface area (Å²) in [6, 6.07) is 6.86. The third-order valence-electron chi connectivity index (χ3n) is 4.48. The Morgan fingerprint density at radius 3 is 2.59 bits per heavy atom. The molecule has 2 aliphatic heterocycles. The summed E-state index contributed by atoms with van der Waals surface area (Å²) in [5.41, 5.74) is 4.15. The number of carbonyl (C=O) groups is 1. The van der Waals surface area contributed by atoms with Crippen LogP contribution in [0.2, 0.25) is 0 Å². The minimum atomic E-state index is 0.343. The minimum Gasteiger partial charge on any atom is -0.317 e. The highest BCUT2D eigenvalue weighted by molar-refractivity contribution is 5.77. The highest BCUT2D eigenvalue weighted by atomic mass is 16.1. The largest absolute Gasteiger partial charge is 0.317 e. The molecule has 1 aromatic rings. The van der Waals surface area contributed by atoms with Gasteiger partial charge in [0.25, 0.3) is 0 Å². The first-order valence-corrected chi connectivity index (χ1v) is 8.62. The zero-order valence-corrected chi connectivity index (χ0v) is 13.9. The second-order valence-electron chi connectivity index (χ2n) is 6.01. The summed E-state index contributed by atoms with van der Waals surface area (Å²) in [6.45, 7) is 6.09. The number of aryl methyl sites for hydroxylation is 1. The minimum absolute atomic E-state index is 0.343. The van der Waals surface area contributed by atoms with E-state index in [1.54, 1.807) is 0 Å². The van der Waals surface area contributed by atoms with E-state index < -0.39 is 0 Å². The summed E-state index contributed by atoms with van der Waals surface area (Å²) >= 11 is 0. The maximum absolute atomic E-state index is 10.2. The van der Waals surface area contributed by atoms with Crippen molar-refractivity contribution < 1.29 is 4.79 Å². The average Bonchev–Trinajstić information content (AvgIpc) is 2.62. The molecule has 0 saturated carbocycles. The monoisotopic (exact) mass is 300 g/mol. The van der Waals surface area contributed by atoms with Crippen molar-refractivity contribution in [3.63, 3.8) is 0 Å². The van der Waals surface area contributed by atoms with Crippen LogP contribution >= 0.6 is 0 Å². The Hall–Kier alpha value is -1.48. The van der Waals surface area contributed by atoms with Crippen molar-refractivity contribution in [1.29, 1.82) is 0 Å². The maximum Gasteiger partial charge on any atom is 0.132 e. The summed E-state index contributed by atoms with van der Waals surface area (Å²) in [4.78, 5) is 14.6. The molecule has 0 unspecified atom stereocenters. The van der Waals surface area contributed by atoms with Crippen molar-refractivity contribution in [2.75, 3.05) is 13.1 Å². The molecule has 3 heteroatoms. The van der Waals surface area contributed by atoms with Crippen LogP contribution in [0.15, 0.2) is 23.2 Å². The molecule has 0 bridgehead atoms. The summed E-state index contributed by atoms with van der Waals surface area (Å²) in [6.07, 6.45) is 8.24. The van der Waals surface area contributed by atoms with Crippen LogP contribution < -0.4 is 5.32 Å². The van der Waals surface area contributed by atoms with E-state index in [9.17, 15) is 4.79 Å². The predicted octanol–water partition coefficient (Wildman–Crippen LogP) is 4.18. The van der Waals surface area contributed by atoms with Crippen LogP contribution in [-0.2, 0) is 11.2 Å². The Balaban J connectivity index is 0.000000254. The number of piperidine rings is 1. The lowest BCUT2D eigenvalue weighted by molar-refractivity contribution is -0.118. The fourth-order valence-electron chi connectivity index (χ4n) is 2.97. The molecular weight excluding hydrogens is 272 g/mol. The highest BCUT2D eigenvalue weighted by Crippen LogP contribution is 2.31. The van der Waals surface area contributed by atoms with Gasteiger partial charge in [0.1, 0.15) is 5.78 Å². The van der Waals surface area contributed by atoms with Crippen molar-refractivity contribution in [2.45, 2.75) is 58.3 Å². The molecule has 1 saturated heterocycles. The third kappa shape index (κ3) is 4.77. The summed E-state index contributed by atoms with van der Waals surface area (Å²) in [5, 5.41) is 3.42. The number of hydrogen-bond acceptors (Lipinski definition) is 3. The number of rotatable bonds is 3. The van der Waals surface area contributed by atoms with Crippen LogP contribution in [0.3, 0.4) is 0 Å². The lowest BCUT2D eigenvalue weighted by Gasteiger charge is -2.24. The summed E-state index contributed by atoms with van der Waals surface area (Å²) < 4.78 is 0. The smallest absolute Gasteiger partial charge is 0.132 e. The molecule has 0 radical (unpaired) electrons. The van der Waals surface area contributed by atoms with Gasteiger partial charge < -0.3 is 5.32 Å². The number of nitrogens with zero attached hydrogens (tertiary/aromatic N) is 1. The molecule has 0 amide bonds. The quantitative estimate of drug-likeness (QED) is 0.910. The van der Waals surface area contributed by atoms with Gasteiger partial charge in [0.15, 0.2) is 0 Å². The molecule has 1 aromatic carbocycles. The van der Waals surface area contributed by atoms with Gasteiger partial charge in [-0.15, -0.1) is 0 Å². The van der Waals surface area contributed by atoms with E-state index >= 15 is 0 Å². The van der Waals surface area contributed by atoms with E-state index in [0.717, 1.165) is 18.8 Å². The number of ketones is 1. The number of aliphatic imine (C=N–C) groups is 1. The SMILES string of the molecule is C1=Nc2ccc(C3CCNCC3)cc2CC1.CCC(=O)CC. The van der Waals surface area contributed by atoms with Gasteiger partial charge in [-0.3, -0.25) is 9.79 Å². The summed E-state index contributed by atoms with van der Waals surface area (Å²) in [7, 11) is 0. The summed E-state index contributed by atoms with van der Waals surface area (Å²) in [5.74, 6) is 1.10. The number of carbonyl (C=O) groups excluding carboxylic acids is 1. The second-order valence-corrected chi connectivity index (χ2v) is 6.01. The number of fused-ring (bicyclic) bond motifs is 1. The van der Waals surface area contributed by atoms with Gasteiger partial charge in [-0.1, -0.05) is 26.0 Å². The zero-order chi connectivity index (χ0) is 15.8. The molecule has 0 aromatic heterocycles. The van der Waals surface area contributed by atoms with Gasteiger partial charge in [0.2, 0.25) is 0 Å². The van der Waals surface area contributed by atoms with Gasteiger partial charge in [0.05, 0.1) is 5.69 Å². The van der Waals surface area contributed by atoms with Crippen molar-refractivity contribution in [2.24, 2.45) is 4.99 Å².